The second-order valence-corrected chi connectivity index (χ2v) is 2.51. The van der Waals surface area contributed by atoms with Gasteiger partial charge in [0, 0.05) is 5.71 Å². The van der Waals surface area contributed by atoms with Crippen molar-refractivity contribution in [3.05, 3.63) is 23.9 Å². The molecule has 0 aromatic carbocycles. The molecule has 0 aliphatic carbocycles. The zero-order valence-corrected chi connectivity index (χ0v) is 9.23. The van der Waals surface area contributed by atoms with E-state index in [4.69, 9.17) is 0 Å². The molecular weight excluding hydrogens is 146 g/mol. The van der Waals surface area contributed by atoms with Gasteiger partial charge in [0.05, 0.1) is 5.70 Å². The minimum absolute atomic E-state index is 0.986. The van der Waals surface area contributed by atoms with Gasteiger partial charge in [-0.05, 0) is 33.3 Å². The van der Waals surface area contributed by atoms with Gasteiger partial charge in [-0.15, -0.1) is 0 Å². The van der Waals surface area contributed by atoms with E-state index in [-0.39, 0.29) is 0 Å². The third-order valence-corrected chi connectivity index (χ3v) is 1.05. The molecule has 1 heteroatoms. The van der Waals surface area contributed by atoms with E-state index >= 15 is 0 Å². The molecule has 0 radical (unpaired) electrons. The molecule has 0 atom stereocenters. The van der Waals surface area contributed by atoms with Gasteiger partial charge in [-0.2, -0.15) is 0 Å². The summed E-state index contributed by atoms with van der Waals surface area (Å²) < 4.78 is 0. The van der Waals surface area contributed by atoms with Crippen LogP contribution in [0.5, 0.6) is 0 Å². The summed E-state index contributed by atoms with van der Waals surface area (Å²) in [6.45, 7) is 15.7. The third-order valence-electron chi connectivity index (χ3n) is 1.05. The molecule has 0 unspecified atom stereocenters. The monoisotopic (exact) mass is 167 g/mol. The first-order chi connectivity index (χ1) is 5.57. The maximum Gasteiger partial charge on any atom is 0.0609 e. The molecular formula is C11H21N. The second-order valence-electron chi connectivity index (χ2n) is 2.51. The van der Waals surface area contributed by atoms with E-state index < -0.39 is 0 Å². The summed E-state index contributed by atoms with van der Waals surface area (Å²) in [5.41, 5.74) is 3.07. The van der Waals surface area contributed by atoms with E-state index in [1.54, 1.807) is 0 Å². The van der Waals surface area contributed by atoms with Gasteiger partial charge in [0.25, 0.3) is 0 Å². The number of rotatable bonds is 2. The van der Waals surface area contributed by atoms with Crippen LogP contribution in [0.1, 0.15) is 41.5 Å². The van der Waals surface area contributed by atoms with Crippen molar-refractivity contribution in [3.8, 4) is 0 Å². The Morgan fingerprint density at radius 3 is 1.67 bits per heavy atom. The third kappa shape index (κ3) is 7.26. The Balaban J connectivity index is 0. The summed E-state index contributed by atoms with van der Waals surface area (Å²) in [6.07, 6.45) is 1.97. The molecule has 0 spiro atoms. The number of allylic oxidation sites excluding steroid dienone is 2. The highest BCUT2D eigenvalue weighted by Crippen LogP contribution is 2.07. The number of aliphatic imine (C=N–C) groups is 1. The van der Waals surface area contributed by atoms with Crippen molar-refractivity contribution >= 4 is 5.71 Å². The van der Waals surface area contributed by atoms with E-state index in [2.05, 4.69) is 11.6 Å². The largest absolute Gasteiger partial charge is 0.259 e. The molecule has 12 heavy (non-hydrogen) atoms. The summed E-state index contributed by atoms with van der Waals surface area (Å²) in [4.78, 5) is 4.27. The smallest absolute Gasteiger partial charge is 0.0609 e. The molecule has 0 bridgehead atoms. The number of hydrogen-bond acceptors (Lipinski definition) is 1. The summed E-state index contributed by atoms with van der Waals surface area (Å²) in [5.74, 6) is 0. The van der Waals surface area contributed by atoms with Crippen LogP contribution in [0.4, 0.5) is 0 Å². The highest BCUT2D eigenvalue weighted by atomic mass is 14.7. The van der Waals surface area contributed by atoms with Crippen LogP contribution in [0.2, 0.25) is 0 Å². The number of hydrogen-bond donors (Lipinski definition) is 0. The quantitative estimate of drug-likeness (QED) is 0.436. The SMILES string of the molecule is C=C(C)/C(=C/C)N=C(C)C.CC. The first kappa shape index (κ1) is 13.7. The van der Waals surface area contributed by atoms with Crippen LogP contribution in [0, 0.1) is 0 Å². The van der Waals surface area contributed by atoms with E-state index in [1.807, 2.05) is 47.6 Å². The molecule has 0 aromatic rings. The zero-order valence-electron chi connectivity index (χ0n) is 9.23. The van der Waals surface area contributed by atoms with Gasteiger partial charge in [-0.3, -0.25) is 4.99 Å². The highest BCUT2D eigenvalue weighted by molar-refractivity contribution is 5.80. The summed E-state index contributed by atoms with van der Waals surface area (Å²) in [6, 6.07) is 0. The molecule has 0 aliphatic heterocycles. The maximum absolute atomic E-state index is 4.27. The van der Waals surface area contributed by atoms with Gasteiger partial charge in [-0.1, -0.05) is 26.5 Å². The first-order valence-corrected chi connectivity index (χ1v) is 4.42. The van der Waals surface area contributed by atoms with Crippen molar-refractivity contribution < 1.29 is 0 Å². The van der Waals surface area contributed by atoms with Gasteiger partial charge < -0.3 is 0 Å². The van der Waals surface area contributed by atoms with E-state index in [0.717, 1.165) is 17.0 Å². The van der Waals surface area contributed by atoms with Crippen LogP contribution in [-0.2, 0) is 0 Å². The first-order valence-electron chi connectivity index (χ1n) is 4.42. The lowest BCUT2D eigenvalue weighted by atomic mass is 10.2. The summed E-state index contributed by atoms with van der Waals surface area (Å²) >= 11 is 0. The summed E-state index contributed by atoms with van der Waals surface area (Å²) in [5, 5.41) is 0. The fraction of sp³-hybridized carbons (Fsp3) is 0.545. The molecule has 0 aromatic heterocycles. The molecule has 0 amide bonds. The Bertz CT molecular complexity index is 181. The Morgan fingerprint density at radius 1 is 1.17 bits per heavy atom. The molecule has 0 saturated heterocycles. The van der Waals surface area contributed by atoms with Crippen LogP contribution in [-0.4, -0.2) is 5.71 Å². The average molecular weight is 167 g/mol. The van der Waals surface area contributed by atoms with Crippen molar-refractivity contribution in [3.63, 3.8) is 0 Å². The van der Waals surface area contributed by atoms with Crippen molar-refractivity contribution in [2.24, 2.45) is 4.99 Å². The van der Waals surface area contributed by atoms with Crippen LogP contribution in [0.3, 0.4) is 0 Å². The van der Waals surface area contributed by atoms with Crippen molar-refractivity contribution in [1.82, 2.24) is 0 Å². The van der Waals surface area contributed by atoms with E-state index in [9.17, 15) is 0 Å². The minimum Gasteiger partial charge on any atom is -0.259 e. The average Bonchev–Trinajstić information content (AvgIpc) is 2.03. The highest BCUT2D eigenvalue weighted by Gasteiger charge is 1.91. The van der Waals surface area contributed by atoms with Crippen molar-refractivity contribution in [2.75, 3.05) is 0 Å². The fourth-order valence-corrected chi connectivity index (χ4v) is 0.647. The Hall–Kier alpha value is -0.850. The van der Waals surface area contributed by atoms with Gasteiger partial charge in [-0.25, -0.2) is 0 Å². The molecule has 0 rings (SSSR count). The molecule has 0 N–H and O–H groups in total. The second kappa shape index (κ2) is 8.25. The lowest BCUT2D eigenvalue weighted by molar-refractivity contribution is 1.27. The fourth-order valence-electron chi connectivity index (χ4n) is 0.647. The number of nitrogens with zero attached hydrogens (tertiary/aromatic N) is 1. The Labute approximate surface area is 76.9 Å². The Morgan fingerprint density at radius 2 is 1.58 bits per heavy atom. The topological polar surface area (TPSA) is 12.4 Å². The molecule has 1 nitrogen and oxygen atoms in total. The van der Waals surface area contributed by atoms with E-state index in [1.165, 1.54) is 0 Å². The standard InChI is InChI=1S/C9H15N.C2H6/c1-6-9(7(2)3)10-8(4)5;1-2/h6H,2H2,1,3-5H3;1-2H3/b9-6-;. The van der Waals surface area contributed by atoms with Gasteiger partial charge in [0.2, 0.25) is 0 Å². The summed E-state index contributed by atoms with van der Waals surface area (Å²) in [7, 11) is 0. The van der Waals surface area contributed by atoms with Crippen LogP contribution in [0.25, 0.3) is 0 Å². The van der Waals surface area contributed by atoms with E-state index in [0.29, 0.717) is 0 Å². The lowest BCUT2D eigenvalue weighted by Crippen LogP contribution is -1.85. The van der Waals surface area contributed by atoms with Crippen LogP contribution >= 0.6 is 0 Å². The van der Waals surface area contributed by atoms with Crippen LogP contribution in [0.15, 0.2) is 28.9 Å². The van der Waals surface area contributed by atoms with Gasteiger partial charge in [0.1, 0.15) is 0 Å². The Kier molecular flexibility index (Phi) is 9.43. The predicted molar refractivity (Wildman–Crippen MR) is 58.7 cm³/mol. The maximum atomic E-state index is 4.27. The van der Waals surface area contributed by atoms with Gasteiger partial charge >= 0.3 is 0 Å². The van der Waals surface area contributed by atoms with Crippen molar-refractivity contribution in [2.45, 2.75) is 41.5 Å². The predicted octanol–water partition coefficient (Wildman–Crippen LogP) is 3.97. The molecule has 0 heterocycles. The molecule has 0 saturated carbocycles. The minimum atomic E-state index is 0.986. The zero-order chi connectivity index (χ0) is 10.1. The van der Waals surface area contributed by atoms with Crippen molar-refractivity contribution in [1.29, 1.82) is 0 Å². The van der Waals surface area contributed by atoms with Gasteiger partial charge in [0.15, 0.2) is 0 Å². The van der Waals surface area contributed by atoms with Crippen LogP contribution < -0.4 is 0 Å². The normalized spacial score (nSPS) is 9.67. The lowest BCUT2D eigenvalue weighted by Gasteiger charge is -1.98. The molecule has 0 aliphatic rings. The molecule has 0 fully saturated rings. The molecule has 70 valence electrons.